The van der Waals surface area contributed by atoms with Crippen molar-refractivity contribution in [3.63, 3.8) is 0 Å². The van der Waals surface area contributed by atoms with Gasteiger partial charge in [0, 0.05) is 43.7 Å². The summed E-state index contributed by atoms with van der Waals surface area (Å²) in [5.41, 5.74) is 8.82. The number of carbonyl (C=O) groups is 3. The Morgan fingerprint density at radius 2 is 2.00 bits per heavy atom. The molecule has 1 aromatic carbocycles. The van der Waals surface area contributed by atoms with Gasteiger partial charge in [-0.25, -0.2) is 0 Å². The van der Waals surface area contributed by atoms with Gasteiger partial charge in [-0.05, 0) is 43.4 Å². The molecule has 0 aromatic heterocycles. The molecular weight excluding hydrogens is 344 g/mol. The number of piperidine rings is 2. The molecule has 0 bridgehead atoms. The molecule has 7 heteroatoms. The van der Waals surface area contributed by atoms with Crippen molar-refractivity contribution in [2.45, 2.75) is 63.8 Å². The van der Waals surface area contributed by atoms with Crippen LogP contribution >= 0.6 is 0 Å². The van der Waals surface area contributed by atoms with Crippen LogP contribution in [0.1, 0.15) is 54.1 Å². The quantitative estimate of drug-likeness (QED) is 0.766. The number of nitrogens with one attached hydrogen (secondary N) is 1. The number of nitrogens with zero attached hydrogens (tertiary/aromatic N) is 2. The van der Waals surface area contributed by atoms with Crippen LogP contribution in [0.15, 0.2) is 18.2 Å². The molecule has 27 heavy (non-hydrogen) atoms. The van der Waals surface area contributed by atoms with E-state index < -0.39 is 6.04 Å². The van der Waals surface area contributed by atoms with E-state index in [1.54, 1.807) is 4.90 Å². The largest absolute Gasteiger partial charge is 0.327 e. The summed E-state index contributed by atoms with van der Waals surface area (Å²) in [5.74, 6) is -0.759. The SMILES string of the molecule is C[C@@H]1CC[C@@H](N)CN1Cc1ccc2c(c1)C(=O)N(C1CCC(=O)NC1=O)C2. The molecule has 3 N–H and O–H groups in total. The van der Waals surface area contributed by atoms with E-state index in [4.69, 9.17) is 5.73 Å². The maximum absolute atomic E-state index is 12.9. The predicted octanol–water partition coefficient (Wildman–Crippen LogP) is 0.759. The van der Waals surface area contributed by atoms with E-state index in [2.05, 4.69) is 23.2 Å². The Labute approximate surface area is 158 Å². The average Bonchev–Trinajstić information content (AvgIpc) is 2.95. The maximum Gasteiger partial charge on any atom is 0.255 e. The first-order chi connectivity index (χ1) is 12.9. The van der Waals surface area contributed by atoms with Crippen molar-refractivity contribution in [1.82, 2.24) is 15.1 Å². The van der Waals surface area contributed by atoms with E-state index in [1.807, 2.05) is 12.1 Å². The van der Waals surface area contributed by atoms with Crippen LogP contribution in [-0.2, 0) is 22.7 Å². The lowest BCUT2D eigenvalue weighted by Gasteiger charge is -2.36. The number of hydrogen-bond acceptors (Lipinski definition) is 5. The molecule has 3 heterocycles. The number of nitrogens with two attached hydrogens (primary N) is 1. The second-order valence-corrected chi connectivity index (χ2v) is 8.01. The molecule has 1 unspecified atom stereocenters. The lowest BCUT2D eigenvalue weighted by atomic mass is 9.98. The third-order valence-electron chi connectivity index (χ3n) is 6.03. The van der Waals surface area contributed by atoms with E-state index in [0.29, 0.717) is 24.6 Å². The minimum Gasteiger partial charge on any atom is -0.327 e. The van der Waals surface area contributed by atoms with Gasteiger partial charge in [0.15, 0.2) is 0 Å². The highest BCUT2D eigenvalue weighted by Crippen LogP contribution is 2.29. The van der Waals surface area contributed by atoms with Gasteiger partial charge < -0.3 is 10.6 Å². The van der Waals surface area contributed by atoms with E-state index in [-0.39, 0.29) is 30.2 Å². The summed E-state index contributed by atoms with van der Waals surface area (Å²) in [4.78, 5) is 40.4. The van der Waals surface area contributed by atoms with Crippen molar-refractivity contribution in [3.05, 3.63) is 34.9 Å². The fraction of sp³-hybridized carbons (Fsp3) is 0.550. The van der Waals surface area contributed by atoms with Crippen LogP contribution in [0, 0.1) is 0 Å². The topological polar surface area (TPSA) is 95.7 Å². The van der Waals surface area contributed by atoms with Crippen molar-refractivity contribution < 1.29 is 14.4 Å². The van der Waals surface area contributed by atoms with Gasteiger partial charge in [0.2, 0.25) is 11.8 Å². The minimum atomic E-state index is -0.564. The Morgan fingerprint density at radius 1 is 1.19 bits per heavy atom. The van der Waals surface area contributed by atoms with Gasteiger partial charge in [0.25, 0.3) is 5.91 Å². The fourth-order valence-electron chi connectivity index (χ4n) is 4.37. The molecule has 4 rings (SSSR count). The molecule has 2 saturated heterocycles. The van der Waals surface area contributed by atoms with Gasteiger partial charge in [-0.15, -0.1) is 0 Å². The first-order valence-electron chi connectivity index (χ1n) is 9.68. The third kappa shape index (κ3) is 3.49. The van der Waals surface area contributed by atoms with Crippen LogP contribution in [0.5, 0.6) is 0 Å². The number of fused-ring (bicyclic) bond motifs is 1. The predicted molar refractivity (Wildman–Crippen MR) is 99.6 cm³/mol. The zero-order valence-corrected chi connectivity index (χ0v) is 15.6. The molecular formula is C20H26N4O3. The van der Waals surface area contributed by atoms with Crippen LogP contribution in [0.25, 0.3) is 0 Å². The maximum atomic E-state index is 12.9. The molecule has 0 aliphatic carbocycles. The molecule has 1 aromatic rings. The van der Waals surface area contributed by atoms with Crippen molar-refractivity contribution in [3.8, 4) is 0 Å². The van der Waals surface area contributed by atoms with Gasteiger partial charge >= 0.3 is 0 Å². The number of hydrogen-bond donors (Lipinski definition) is 2. The molecule has 2 fully saturated rings. The molecule has 0 radical (unpaired) electrons. The fourth-order valence-corrected chi connectivity index (χ4v) is 4.37. The number of likely N-dealkylation sites (tertiary alicyclic amines) is 1. The smallest absolute Gasteiger partial charge is 0.255 e. The van der Waals surface area contributed by atoms with Gasteiger partial charge in [0.1, 0.15) is 6.04 Å². The summed E-state index contributed by atoms with van der Waals surface area (Å²) >= 11 is 0. The van der Waals surface area contributed by atoms with Gasteiger partial charge in [-0.3, -0.25) is 24.6 Å². The molecule has 0 saturated carbocycles. The van der Waals surface area contributed by atoms with Gasteiger partial charge in [-0.2, -0.15) is 0 Å². The summed E-state index contributed by atoms with van der Waals surface area (Å²) in [6.07, 6.45) is 2.81. The standard InChI is InChI=1S/C20H26N4O3/c1-12-2-5-15(21)11-23(12)9-13-3-4-14-10-24(20(27)16(14)8-13)17-6-7-18(25)22-19(17)26/h3-4,8,12,15,17H,2,5-7,9-11,21H2,1H3,(H,22,25,26)/t12-,15-,17?/m1/s1. The summed E-state index contributed by atoms with van der Waals surface area (Å²) in [5, 5.41) is 2.34. The Morgan fingerprint density at radius 3 is 2.78 bits per heavy atom. The number of amides is 3. The summed E-state index contributed by atoms with van der Waals surface area (Å²) in [6, 6.07) is 6.13. The van der Waals surface area contributed by atoms with Crippen LogP contribution in [0.4, 0.5) is 0 Å². The van der Waals surface area contributed by atoms with Gasteiger partial charge in [-0.1, -0.05) is 12.1 Å². The molecule has 144 valence electrons. The van der Waals surface area contributed by atoms with Crippen molar-refractivity contribution in [2.75, 3.05) is 6.54 Å². The zero-order chi connectivity index (χ0) is 19.1. The molecule has 3 aliphatic heterocycles. The lowest BCUT2D eigenvalue weighted by molar-refractivity contribution is -0.136. The summed E-state index contributed by atoms with van der Waals surface area (Å²) < 4.78 is 0. The Hall–Kier alpha value is -2.25. The average molecular weight is 370 g/mol. The third-order valence-corrected chi connectivity index (χ3v) is 6.03. The molecule has 7 nitrogen and oxygen atoms in total. The number of imide groups is 1. The highest BCUT2D eigenvalue weighted by atomic mass is 16.2. The highest BCUT2D eigenvalue weighted by molar-refractivity contribution is 6.05. The Kier molecular flexibility index (Phi) is 4.74. The van der Waals surface area contributed by atoms with E-state index in [9.17, 15) is 14.4 Å². The number of rotatable bonds is 3. The minimum absolute atomic E-state index is 0.121. The lowest BCUT2D eigenvalue weighted by Crippen LogP contribution is -2.52. The Balaban J connectivity index is 1.50. The zero-order valence-electron chi connectivity index (χ0n) is 15.6. The van der Waals surface area contributed by atoms with Crippen LogP contribution in [0.2, 0.25) is 0 Å². The second-order valence-electron chi connectivity index (χ2n) is 8.01. The molecule has 3 amide bonds. The number of carbonyl (C=O) groups excluding carboxylic acids is 3. The summed E-state index contributed by atoms with van der Waals surface area (Å²) in [6.45, 7) is 4.28. The van der Waals surface area contributed by atoms with E-state index in [1.165, 1.54) is 0 Å². The van der Waals surface area contributed by atoms with Crippen molar-refractivity contribution in [1.29, 1.82) is 0 Å². The Bertz CT molecular complexity index is 793. The normalized spacial score (nSPS) is 29.0. The van der Waals surface area contributed by atoms with Crippen LogP contribution in [-0.4, -0.2) is 52.2 Å². The first-order valence-corrected chi connectivity index (χ1v) is 9.68. The van der Waals surface area contributed by atoms with E-state index >= 15 is 0 Å². The van der Waals surface area contributed by atoms with Gasteiger partial charge in [0.05, 0.1) is 0 Å². The van der Waals surface area contributed by atoms with Crippen molar-refractivity contribution >= 4 is 17.7 Å². The van der Waals surface area contributed by atoms with Crippen molar-refractivity contribution in [2.24, 2.45) is 5.73 Å². The monoisotopic (exact) mass is 370 g/mol. The highest BCUT2D eigenvalue weighted by Gasteiger charge is 2.39. The van der Waals surface area contributed by atoms with Crippen LogP contribution in [0.3, 0.4) is 0 Å². The van der Waals surface area contributed by atoms with E-state index in [0.717, 1.165) is 37.1 Å². The molecule has 3 atom stereocenters. The van der Waals surface area contributed by atoms with Crippen LogP contribution < -0.4 is 11.1 Å². The summed E-state index contributed by atoms with van der Waals surface area (Å²) in [7, 11) is 0. The molecule has 3 aliphatic rings. The first kappa shape index (κ1) is 18.1. The number of benzene rings is 1. The second kappa shape index (κ2) is 7.05. The molecule has 0 spiro atoms.